The van der Waals surface area contributed by atoms with Gasteiger partial charge in [0.2, 0.25) is 0 Å². The van der Waals surface area contributed by atoms with Crippen LogP contribution in [0.3, 0.4) is 0 Å². The predicted molar refractivity (Wildman–Crippen MR) is 93.1 cm³/mol. The second-order valence-corrected chi connectivity index (χ2v) is 5.96. The van der Waals surface area contributed by atoms with E-state index in [1.807, 2.05) is 36.4 Å². The first kappa shape index (κ1) is 15.4. The smallest absolute Gasteiger partial charge is 0.305 e. The van der Waals surface area contributed by atoms with Gasteiger partial charge in [0, 0.05) is 30.5 Å². The van der Waals surface area contributed by atoms with E-state index in [1.54, 1.807) is 0 Å². The van der Waals surface area contributed by atoms with Gasteiger partial charge in [0.05, 0.1) is 12.5 Å². The van der Waals surface area contributed by atoms with Gasteiger partial charge in [-0.25, -0.2) is 0 Å². The van der Waals surface area contributed by atoms with Crippen LogP contribution < -0.4 is 9.80 Å². The molecule has 1 N–H and O–H groups in total. The van der Waals surface area contributed by atoms with E-state index in [-0.39, 0.29) is 18.5 Å². The van der Waals surface area contributed by atoms with Gasteiger partial charge in [0.25, 0.3) is 0 Å². The van der Waals surface area contributed by atoms with Gasteiger partial charge in [0.15, 0.2) is 0 Å². The Hall–Kier alpha value is -2.49. The van der Waals surface area contributed by atoms with Crippen LogP contribution in [-0.4, -0.2) is 36.2 Å². The lowest BCUT2D eigenvalue weighted by atomic mass is 9.97. The fourth-order valence-corrected chi connectivity index (χ4v) is 3.44. The molecule has 120 valence electrons. The number of piperazine rings is 1. The minimum absolute atomic E-state index is 0.0520. The van der Waals surface area contributed by atoms with Gasteiger partial charge in [0.1, 0.15) is 0 Å². The summed E-state index contributed by atoms with van der Waals surface area (Å²) in [5.41, 5.74) is 2.25. The summed E-state index contributed by atoms with van der Waals surface area (Å²) in [6.45, 7) is 3.83. The van der Waals surface area contributed by atoms with Gasteiger partial charge >= 0.3 is 5.97 Å². The largest absolute Gasteiger partial charge is 0.481 e. The van der Waals surface area contributed by atoms with E-state index in [2.05, 4.69) is 41.0 Å². The summed E-state index contributed by atoms with van der Waals surface area (Å²) in [6, 6.07) is 20.4. The molecule has 1 aliphatic rings. The van der Waals surface area contributed by atoms with Crippen LogP contribution in [-0.2, 0) is 4.79 Å². The summed E-state index contributed by atoms with van der Waals surface area (Å²) in [7, 11) is 0. The SMILES string of the molecule is C[C@H]1C(CC(=O)O)N(c2ccccc2)CCN1c1ccccc1. The van der Waals surface area contributed by atoms with Crippen molar-refractivity contribution in [3.05, 3.63) is 60.7 Å². The minimum atomic E-state index is -0.752. The second-order valence-electron chi connectivity index (χ2n) is 5.96. The Balaban J connectivity index is 1.89. The minimum Gasteiger partial charge on any atom is -0.481 e. The average Bonchev–Trinajstić information content (AvgIpc) is 2.58. The Labute approximate surface area is 137 Å². The van der Waals surface area contributed by atoms with Crippen LogP contribution >= 0.6 is 0 Å². The van der Waals surface area contributed by atoms with E-state index >= 15 is 0 Å². The summed E-state index contributed by atoms with van der Waals surface area (Å²) >= 11 is 0. The molecule has 0 spiro atoms. The van der Waals surface area contributed by atoms with Crippen molar-refractivity contribution >= 4 is 17.3 Å². The summed E-state index contributed by atoms with van der Waals surface area (Å²) < 4.78 is 0. The van der Waals surface area contributed by atoms with E-state index in [4.69, 9.17) is 0 Å². The van der Waals surface area contributed by atoms with Crippen molar-refractivity contribution in [2.45, 2.75) is 25.4 Å². The number of carbonyl (C=O) groups is 1. The average molecular weight is 310 g/mol. The monoisotopic (exact) mass is 310 g/mol. The number of anilines is 2. The van der Waals surface area contributed by atoms with E-state index in [0.29, 0.717) is 0 Å². The molecule has 1 aliphatic heterocycles. The third-order valence-corrected chi connectivity index (χ3v) is 4.59. The lowest BCUT2D eigenvalue weighted by Crippen LogP contribution is -2.59. The maximum Gasteiger partial charge on any atom is 0.305 e. The fourth-order valence-electron chi connectivity index (χ4n) is 3.44. The van der Waals surface area contributed by atoms with Crippen molar-refractivity contribution in [2.75, 3.05) is 22.9 Å². The number of carboxylic acid groups (broad SMARTS) is 1. The van der Waals surface area contributed by atoms with Crippen molar-refractivity contribution < 1.29 is 9.90 Å². The number of hydrogen-bond acceptors (Lipinski definition) is 3. The van der Waals surface area contributed by atoms with E-state index < -0.39 is 5.97 Å². The summed E-state index contributed by atoms with van der Waals surface area (Å²) in [6.07, 6.45) is 0.138. The van der Waals surface area contributed by atoms with E-state index in [9.17, 15) is 9.90 Å². The Bertz CT molecular complexity index is 645. The highest BCUT2D eigenvalue weighted by Crippen LogP contribution is 2.29. The first-order valence-electron chi connectivity index (χ1n) is 8.02. The van der Waals surface area contributed by atoms with Crippen LogP contribution in [0.4, 0.5) is 11.4 Å². The van der Waals surface area contributed by atoms with E-state index in [1.165, 1.54) is 0 Å². The summed E-state index contributed by atoms with van der Waals surface area (Å²) in [4.78, 5) is 15.9. The van der Waals surface area contributed by atoms with Crippen LogP contribution in [0.1, 0.15) is 13.3 Å². The first-order chi connectivity index (χ1) is 11.2. The number of aliphatic carboxylic acids is 1. The third kappa shape index (κ3) is 3.31. The van der Waals surface area contributed by atoms with Gasteiger partial charge in [-0.05, 0) is 31.2 Å². The Morgan fingerprint density at radius 3 is 1.96 bits per heavy atom. The number of para-hydroxylation sites is 2. The van der Waals surface area contributed by atoms with Gasteiger partial charge in [-0.15, -0.1) is 0 Å². The van der Waals surface area contributed by atoms with E-state index in [0.717, 1.165) is 24.5 Å². The predicted octanol–water partition coefficient (Wildman–Crippen LogP) is 3.25. The highest BCUT2D eigenvalue weighted by Gasteiger charge is 2.35. The zero-order chi connectivity index (χ0) is 16.2. The first-order valence-corrected chi connectivity index (χ1v) is 8.02. The molecule has 0 radical (unpaired) electrons. The fraction of sp³-hybridized carbons (Fsp3) is 0.316. The molecule has 4 heteroatoms. The summed E-state index contributed by atoms with van der Waals surface area (Å²) in [5.74, 6) is -0.752. The molecule has 2 aromatic carbocycles. The summed E-state index contributed by atoms with van der Waals surface area (Å²) in [5, 5.41) is 9.36. The van der Waals surface area contributed by atoms with Crippen LogP contribution in [0, 0.1) is 0 Å². The van der Waals surface area contributed by atoms with Crippen LogP contribution in [0.5, 0.6) is 0 Å². The third-order valence-electron chi connectivity index (χ3n) is 4.59. The van der Waals surface area contributed by atoms with Crippen LogP contribution in [0.15, 0.2) is 60.7 Å². The molecule has 3 rings (SSSR count). The number of carboxylic acids is 1. The number of benzene rings is 2. The molecule has 0 bridgehead atoms. The normalized spacial score (nSPS) is 21.3. The molecular formula is C19H22N2O2. The topological polar surface area (TPSA) is 43.8 Å². The Morgan fingerprint density at radius 2 is 1.43 bits per heavy atom. The number of rotatable bonds is 4. The molecule has 2 atom stereocenters. The molecule has 1 unspecified atom stereocenters. The number of nitrogens with zero attached hydrogens (tertiary/aromatic N) is 2. The van der Waals surface area contributed by atoms with Gasteiger partial charge in [-0.1, -0.05) is 36.4 Å². The lowest BCUT2D eigenvalue weighted by Gasteiger charge is -2.48. The Morgan fingerprint density at radius 1 is 0.957 bits per heavy atom. The lowest BCUT2D eigenvalue weighted by molar-refractivity contribution is -0.137. The molecule has 1 fully saturated rings. The van der Waals surface area contributed by atoms with Crippen molar-refractivity contribution in [2.24, 2.45) is 0 Å². The zero-order valence-corrected chi connectivity index (χ0v) is 13.3. The number of hydrogen-bond donors (Lipinski definition) is 1. The van der Waals surface area contributed by atoms with Gasteiger partial charge in [-0.3, -0.25) is 4.79 Å². The van der Waals surface area contributed by atoms with Crippen molar-refractivity contribution in [3.63, 3.8) is 0 Å². The molecule has 0 saturated carbocycles. The van der Waals surface area contributed by atoms with Gasteiger partial charge < -0.3 is 14.9 Å². The maximum absolute atomic E-state index is 11.4. The van der Waals surface area contributed by atoms with Crippen molar-refractivity contribution in [1.82, 2.24) is 0 Å². The standard InChI is InChI=1S/C19H22N2O2/c1-15-18(14-19(22)23)21(17-10-6-3-7-11-17)13-12-20(15)16-8-4-2-5-9-16/h2-11,15,18H,12-14H2,1H3,(H,22,23)/t15-,18?/m0/s1. The van der Waals surface area contributed by atoms with Crippen LogP contribution in [0.25, 0.3) is 0 Å². The molecule has 0 aliphatic carbocycles. The molecule has 0 amide bonds. The van der Waals surface area contributed by atoms with Crippen molar-refractivity contribution in [1.29, 1.82) is 0 Å². The second kappa shape index (κ2) is 6.73. The quantitative estimate of drug-likeness (QED) is 0.941. The van der Waals surface area contributed by atoms with Gasteiger partial charge in [-0.2, -0.15) is 0 Å². The molecule has 1 saturated heterocycles. The van der Waals surface area contributed by atoms with Crippen molar-refractivity contribution in [3.8, 4) is 0 Å². The highest BCUT2D eigenvalue weighted by atomic mass is 16.4. The molecular weight excluding hydrogens is 288 g/mol. The maximum atomic E-state index is 11.4. The molecule has 2 aromatic rings. The van der Waals surface area contributed by atoms with Crippen LogP contribution in [0.2, 0.25) is 0 Å². The molecule has 1 heterocycles. The zero-order valence-electron chi connectivity index (χ0n) is 13.3. The highest BCUT2D eigenvalue weighted by molar-refractivity contribution is 5.69. The molecule has 0 aromatic heterocycles. The molecule has 4 nitrogen and oxygen atoms in total. The molecule has 23 heavy (non-hydrogen) atoms. The Kier molecular flexibility index (Phi) is 4.51.